The van der Waals surface area contributed by atoms with Crippen LogP contribution in [0.25, 0.3) is 11.3 Å². The van der Waals surface area contributed by atoms with Crippen LogP contribution in [-0.2, 0) is 13.0 Å². The van der Waals surface area contributed by atoms with E-state index in [4.69, 9.17) is 5.11 Å². The van der Waals surface area contributed by atoms with Crippen molar-refractivity contribution in [1.82, 2.24) is 9.55 Å². The number of nitrogens with zero attached hydrogens (tertiary/aromatic N) is 2. The molecule has 0 spiro atoms. The zero-order valence-electron chi connectivity index (χ0n) is 16.0. The number of carbonyl (C=O) groups excluding carboxylic acids is 1. The van der Waals surface area contributed by atoms with Crippen molar-refractivity contribution in [2.24, 2.45) is 0 Å². The molecule has 2 aromatic carbocycles. The summed E-state index contributed by atoms with van der Waals surface area (Å²) in [5.74, 6) is -0.232. The summed E-state index contributed by atoms with van der Waals surface area (Å²) in [6, 6.07) is 11.6. The summed E-state index contributed by atoms with van der Waals surface area (Å²) < 4.78 is 1.99. The number of carboxylic acid groups (broad SMARTS) is 1. The van der Waals surface area contributed by atoms with Crippen LogP contribution >= 0.6 is 12.6 Å². The molecule has 3 aromatic rings. The highest BCUT2D eigenvalue weighted by molar-refractivity contribution is 7.97. The van der Waals surface area contributed by atoms with Crippen molar-refractivity contribution in [1.29, 1.82) is 0 Å². The largest absolute Gasteiger partial charge is 0.506 e. The minimum Gasteiger partial charge on any atom is -0.506 e. The van der Waals surface area contributed by atoms with Gasteiger partial charge in [-0.15, -0.1) is 12.6 Å². The Labute approximate surface area is 174 Å². The van der Waals surface area contributed by atoms with Crippen LogP contribution in [0.15, 0.2) is 48.7 Å². The van der Waals surface area contributed by atoms with Gasteiger partial charge in [0.25, 0.3) is 0 Å². The van der Waals surface area contributed by atoms with Gasteiger partial charge in [-0.05, 0) is 36.2 Å². The summed E-state index contributed by atoms with van der Waals surface area (Å²) in [5, 5.41) is 19.2. The fraction of sp³-hybridized carbons (Fsp3) is 0.227. The predicted molar refractivity (Wildman–Crippen MR) is 114 cm³/mol. The summed E-state index contributed by atoms with van der Waals surface area (Å²) in [6.07, 6.45) is 4.45. The lowest BCUT2D eigenvalue weighted by molar-refractivity contribution is 0.0696. The average Bonchev–Trinajstić information content (AvgIpc) is 3.09. The Hall–Kier alpha value is -3.06. The number of carboxylic acids is 1. The average molecular weight is 410 g/mol. The van der Waals surface area contributed by atoms with Gasteiger partial charge in [-0.25, -0.2) is 9.78 Å². The summed E-state index contributed by atoms with van der Waals surface area (Å²) in [4.78, 5) is 27.3. The van der Waals surface area contributed by atoms with Crippen molar-refractivity contribution in [3.8, 4) is 17.0 Å². The first-order chi connectivity index (χ1) is 13.9. The Morgan fingerprint density at radius 1 is 1.14 bits per heavy atom. The SMILES string of the molecule is CCCCc1ncc(-c2cccc(C(=O)S)c2O)n1Cc1ccc(C(=O)O)cc1. The molecular weight excluding hydrogens is 388 g/mol. The Morgan fingerprint density at radius 2 is 1.86 bits per heavy atom. The van der Waals surface area contributed by atoms with E-state index in [1.807, 2.05) is 4.57 Å². The predicted octanol–water partition coefficient (Wildman–Crippen LogP) is 4.41. The van der Waals surface area contributed by atoms with E-state index in [2.05, 4.69) is 24.5 Å². The van der Waals surface area contributed by atoms with E-state index >= 15 is 0 Å². The highest BCUT2D eigenvalue weighted by atomic mass is 32.1. The lowest BCUT2D eigenvalue weighted by Gasteiger charge is -2.14. The molecule has 0 saturated carbocycles. The second kappa shape index (κ2) is 8.96. The summed E-state index contributed by atoms with van der Waals surface area (Å²) >= 11 is 3.83. The smallest absolute Gasteiger partial charge is 0.335 e. The zero-order valence-corrected chi connectivity index (χ0v) is 16.9. The van der Waals surface area contributed by atoms with E-state index in [0.717, 1.165) is 30.7 Å². The van der Waals surface area contributed by atoms with Crippen LogP contribution < -0.4 is 0 Å². The van der Waals surface area contributed by atoms with E-state index in [0.29, 0.717) is 17.8 Å². The molecule has 0 unspecified atom stereocenters. The molecule has 0 radical (unpaired) electrons. The van der Waals surface area contributed by atoms with Crippen LogP contribution in [0.1, 0.15) is 51.9 Å². The van der Waals surface area contributed by atoms with Gasteiger partial charge in [0.15, 0.2) is 0 Å². The van der Waals surface area contributed by atoms with Crippen molar-refractivity contribution in [2.45, 2.75) is 32.7 Å². The molecule has 29 heavy (non-hydrogen) atoms. The van der Waals surface area contributed by atoms with Gasteiger partial charge in [0.1, 0.15) is 11.6 Å². The Morgan fingerprint density at radius 3 is 2.48 bits per heavy atom. The molecule has 0 amide bonds. The van der Waals surface area contributed by atoms with Crippen LogP contribution in [0, 0.1) is 0 Å². The van der Waals surface area contributed by atoms with Gasteiger partial charge >= 0.3 is 5.97 Å². The molecule has 7 heteroatoms. The van der Waals surface area contributed by atoms with Crippen molar-refractivity contribution in [2.75, 3.05) is 0 Å². The summed E-state index contributed by atoms with van der Waals surface area (Å²) in [5.41, 5.74) is 2.46. The van der Waals surface area contributed by atoms with Gasteiger partial charge < -0.3 is 14.8 Å². The number of aryl methyl sites for hydroxylation is 1. The van der Waals surface area contributed by atoms with E-state index in [1.54, 1.807) is 42.6 Å². The number of phenolic OH excluding ortho intramolecular Hbond substituents is 1. The van der Waals surface area contributed by atoms with Crippen LogP contribution in [-0.4, -0.2) is 30.8 Å². The lowest BCUT2D eigenvalue weighted by Crippen LogP contribution is -2.08. The van der Waals surface area contributed by atoms with Gasteiger partial charge in [-0.1, -0.05) is 31.5 Å². The molecule has 0 aliphatic rings. The normalized spacial score (nSPS) is 10.8. The Bertz CT molecular complexity index is 1040. The quantitative estimate of drug-likeness (QED) is 0.478. The fourth-order valence-corrected chi connectivity index (χ4v) is 3.38. The van der Waals surface area contributed by atoms with Crippen molar-refractivity contribution in [3.63, 3.8) is 0 Å². The number of benzene rings is 2. The molecule has 3 rings (SSSR count). The number of hydrogen-bond acceptors (Lipinski definition) is 4. The minimum absolute atomic E-state index is 0.128. The number of carbonyl (C=O) groups is 2. The number of aromatic nitrogens is 2. The van der Waals surface area contributed by atoms with Crippen molar-refractivity contribution < 1.29 is 19.8 Å². The lowest BCUT2D eigenvalue weighted by atomic mass is 10.1. The van der Waals surface area contributed by atoms with Gasteiger partial charge in [0.2, 0.25) is 5.12 Å². The van der Waals surface area contributed by atoms with Crippen molar-refractivity contribution >= 4 is 23.7 Å². The number of rotatable bonds is 8. The Balaban J connectivity index is 2.05. The third-order valence-electron chi connectivity index (χ3n) is 4.78. The van der Waals surface area contributed by atoms with E-state index < -0.39 is 11.1 Å². The van der Waals surface area contributed by atoms with Gasteiger partial charge in [0.05, 0.1) is 23.0 Å². The molecule has 0 aliphatic heterocycles. The third kappa shape index (κ3) is 4.51. The number of para-hydroxylation sites is 1. The molecular formula is C22H22N2O4S. The molecule has 1 aromatic heterocycles. The maximum Gasteiger partial charge on any atom is 0.335 e. The number of unbranched alkanes of at least 4 members (excludes halogenated alkanes) is 1. The Kier molecular flexibility index (Phi) is 6.39. The van der Waals surface area contributed by atoms with Crippen molar-refractivity contribution in [3.05, 3.63) is 71.2 Å². The molecule has 1 heterocycles. The molecule has 0 atom stereocenters. The number of thiol groups is 1. The zero-order chi connectivity index (χ0) is 21.0. The standard InChI is InChI=1S/C22H22N2O4S/c1-2-3-7-19-23-12-18(16-5-4-6-17(20(16)25)22(28)29)24(19)13-14-8-10-15(11-9-14)21(26)27/h4-6,8-12,25H,2-3,7,13H2,1H3,(H,26,27)(H,28,29). The number of aromatic carboxylic acids is 1. The van der Waals surface area contributed by atoms with Crippen LogP contribution in [0.3, 0.4) is 0 Å². The molecule has 0 bridgehead atoms. The molecule has 0 aliphatic carbocycles. The van der Waals surface area contributed by atoms with Crippen LogP contribution in [0.5, 0.6) is 5.75 Å². The number of aromatic hydroxyl groups is 1. The van der Waals surface area contributed by atoms with E-state index in [-0.39, 0.29) is 16.9 Å². The number of imidazole rings is 1. The number of hydrogen-bond donors (Lipinski definition) is 3. The fourth-order valence-electron chi connectivity index (χ4n) is 3.20. The second-order valence-corrected chi connectivity index (χ2v) is 7.16. The van der Waals surface area contributed by atoms with Gasteiger partial charge in [0, 0.05) is 18.5 Å². The molecule has 0 saturated heterocycles. The van der Waals surface area contributed by atoms with E-state index in [9.17, 15) is 14.7 Å². The van der Waals surface area contributed by atoms with E-state index in [1.165, 1.54) is 6.07 Å². The van der Waals surface area contributed by atoms with Gasteiger partial charge in [-0.2, -0.15) is 0 Å². The molecule has 6 nitrogen and oxygen atoms in total. The summed E-state index contributed by atoms with van der Waals surface area (Å²) in [6.45, 7) is 2.57. The maximum absolute atomic E-state index is 11.7. The molecule has 2 N–H and O–H groups in total. The highest BCUT2D eigenvalue weighted by Gasteiger charge is 2.18. The first-order valence-corrected chi connectivity index (χ1v) is 9.79. The number of phenols is 1. The molecule has 150 valence electrons. The second-order valence-electron chi connectivity index (χ2n) is 6.76. The first-order valence-electron chi connectivity index (χ1n) is 9.34. The topological polar surface area (TPSA) is 92.4 Å². The van der Waals surface area contributed by atoms with Crippen LogP contribution in [0.4, 0.5) is 0 Å². The molecule has 0 fully saturated rings. The minimum atomic E-state index is -0.971. The summed E-state index contributed by atoms with van der Waals surface area (Å²) in [7, 11) is 0. The van der Waals surface area contributed by atoms with Gasteiger partial charge in [-0.3, -0.25) is 4.79 Å². The first kappa shape index (κ1) is 20.7. The van der Waals surface area contributed by atoms with Crippen LogP contribution in [0.2, 0.25) is 0 Å². The third-order valence-corrected chi connectivity index (χ3v) is 5.02. The maximum atomic E-state index is 11.7. The monoisotopic (exact) mass is 410 g/mol. The highest BCUT2D eigenvalue weighted by Crippen LogP contribution is 2.34.